The third-order valence-electron chi connectivity index (χ3n) is 4.32. The molecule has 1 aliphatic rings. The number of aromatic nitrogens is 1. The van der Waals surface area contributed by atoms with E-state index in [0.29, 0.717) is 24.5 Å². The van der Waals surface area contributed by atoms with Crippen molar-refractivity contribution in [3.8, 4) is 11.5 Å². The van der Waals surface area contributed by atoms with Crippen LogP contribution in [0, 0.1) is 13.8 Å². The van der Waals surface area contributed by atoms with Gasteiger partial charge in [-0.15, -0.1) is 0 Å². The van der Waals surface area contributed by atoms with Gasteiger partial charge >= 0.3 is 0 Å². The van der Waals surface area contributed by atoms with Gasteiger partial charge in [-0.25, -0.2) is 4.98 Å². The maximum absolute atomic E-state index is 12.6. The number of amides is 2. The number of hydrogen-bond acceptors (Lipinski definition) is 4. The fourth-order valence-electron chi connectivity index (χ4n) is 3.01. The minimum Gasteiger partial charge on any atom is -0.444 e. The molecule has 0 radical (unpaired) electrons. The van der Waals surface area contributed by atoms with Crippen molar-refractivity contribution in [3.63, 3.8) is 0 Å². The molecule has 1 aliphatic heterocycles. The monoisotopic (exact) mass is 327 g/mol. The summed E-state index contributed by atoms with van der Waals surface area (Å²) in [6.07, 6.45) is 3.14. The Morgan fingerprint density at radius 1 is 1.33 bits per heavy atom. The first-order chi connectivity index (χ1) is 11.5. The summed E-state index contributed by atoms with van der Waals surface area (Å²) in [4.78, 5) is 30.2. The minimum absolute atomic E-state index is 0.0617. The van der Waals surface area contributed by atoms with E-state index in [-0.39, 0.29) is 11.8 Å². The number of rotatable bonds is 3. The molecule has 1 aromatic heterocycles. The van der Waals surface area contributed by atoms with E-state index in [2.05, 4.69) is 10.3 Å². The molecule has 3 rings (SSSR count). The van der Waals surface area contributed by atoms with Crippen molar-refractivity contribution in [2.75, 3.05) is 11.9 Å². The van der Waals surface area contributed by atoms with Gasteiger partial charge in [0.15, 0.2) is 0 Å². The Balaban J connectivity index is 1.82. The summed E-state index contributed by atoms with van der Waals surface area (Å²) < 4.78 is 5.42. The Bertz CT molecular complexity index is 782. The molecule has 0 bridgehead atoms. The zero-order valence-corrected chi connectivity index (χ0v) is 14.1. The maximum atomic E-state index is 12.6. The first-order valence-electron chi connectivity index (χ1n) is 8.07. The van der Waals surface area contributed by atoms with E-state index in [9.17, 15) is 9.59 Å². The number of carbonyl (C=O) groups is 2. The predicted octanol–water partition coefficient (Wildman–Crippen LogP) is 2.91. The number of nitrogens with zero attached hydrogens (tertiary/aromatic N) is 2. The quantitative estimate of drug-likeness (QED) is 0.940. The predicted molar refractivity (Wildman–Crippen MR) is 90.5 cm³/mol. The standard InChI is InChI=1S/C18H21N3O3/c1-11-6-7-14(18-19-12(2)10-24-18)9-15(11)20-17(23)16-5-4-8-21(16)13(3)22/h6-7,9-10,16H,4-5,8H2,1-3H3,(H,20,23)/t16-/m0/s1. The molecule has 0 saturated carbocycles. The summed E-state index contributed by atoms with van der Waals surface area (Å²) in [5, 5.41) is 2.95. The van der Waals surface area contributed by atoms with E-state index in [1.54, 1.807) is 11.2 Å². The van der Waals surface area contributed by atoms with Crippen LogP contribution in [-0.4, -0.2) is 34.3 Å². The van der Waals surface area contributed by atoms with Gasteiger partial charge in [0.1, 0.15) is 12.3 Å². The summed E-state index contributed by atoms with van der Waals surface area (Å²) in [5.74, 6) is 0.314. The number of benzene rings is 1. The summed E-state index contributed by atoms with van der Waals surface area (Å²) in [6.45, 7) is 5.93. The molecule has 1 N–H and O–H groups in total. The smallest absolute Gasteiger partial charge is 0.247 e. The van der Waals surface area contributed by atoms with Crippen LogP contribution >= 0.6 is 0 Å². The number of anilines is 1. The van der Waals surface area contributed by atoms with Gasteiger partial charge < -0.3 is 14.6 Å². The zero-order chi connectivity index (χ0) is 17.3. The molecular formula is C18H21N3O3. The highest BCUT2D eigenvalue weighted by atomic mass is 16.3. The van der Waals surface area contributed by atoms with Crippen molar-refractivity contribution in [2.45, 2.75) is 39.7 Å². The lowest BCUT2D eigenvalue weighted by molar-refractivity contribution is -0.134. The van der Waals surface area contributed by atoms with Gasteiger partial charge in [0.25, 0.3) is 0 Å². The summed E-state index contributed by atoms with van der Waals surface area (Å²) in [5.41, 5.74) is 3.27. The van der Waals surface area contributed by atoms with E-state index >= 15 is 0 Å². The van der Waals surface area contributed by atoms with Crippen LogP contribution in [0.1, 0.15) is 31.0 Å². The molecule has 6 nitrogen and oxygen atoms in total. The number of oxazole rings is 1. The van der Waals surface area contributed by atoms with Crippen molar-refractivity contribution >= 4 is 17.5 Å². The fraction of sp³-hybridized carbons (Fsp3) is 0.389. The van der Waals surface area contributed by atoms with E-state index in [1.165, 1.54) is 6.92 Å². The number of carbonyl (C=O) groups excluding carboxylic acids is 2. The normalized spacial score (nSPS) is 17.1. The van der Waals surface area contributed by atoms with Crippen molar-refractivity contribution in [1.29, 1.82) is 0 Å². The average molecular weight is 327 g/mol. The number of nitrogens with one attached hydrogen (secondary N) is 1. The van der Waals surface area contributed by atoms with E-state index in [4.69, 9.17) is 4.42 Å². The van der Waals surface area contributed by atoms with Gasteiger partial charge in [-0.1, -0.05) is 6.07 Å². The molecule has 126 valence electrons. The minimum atomic E-state index is -0.394. The van der Waals surface area contributed by atoms with Gasteiger partial charge in [0.05, 0.1) is 5.69 Å². The molecule has 0 aliphatic carbocycles. The highest BCUT2D eigenvalue weighted by Crippen LogP contribution is 2.26. The van der Waals surface area contributed by atoms with Crippen molar-refractivity contribution in [3.05, 3.63) is 35.7 Å². The lowest BCUT2D eigenvalue weighted by Gasteiger charge is -2.22. The molecule has 0 unspecified atom stereocenters. The van der Waals surface area contributed by atoms with Crippen molar-refractivity contribution in [2.24, 2.45) is 0 Å². The van der Waals surface area contributed by atoms with Crippen LogP contribution in [0.4, 0.5) is 5.69 Å². The van der Waals surface area contributed by atoms with Crippen LogP contribution in [0.5, 0.6) is 0 Å². The third-order valence-corrected chi connectivity index (χ3v) is 4.32. The van der Waals surface area contributed by atoms with E-state index < -0.39 is 6.04 Å². The molecule has 1 aromatic carbocycles. The van der Waals surface area contributed by atoms with E-state index in [1.807, 2.05) is 32.0 Å². The second-order valence-corrected chi connectivity index (χ2v) is 6.18. The number of likely N-dealkylation sites (tertiary alicyclic amines) is 1. The molecule has 1 atom stereocenters. The lowest BCUT2D eigenvalue weighted by atomic mass is 10.1. The molecule has 2 aromatic rings. The van der Waals surface area contributed by atoms with Crippen LogP contribution in [-0.2, 0) is 9.59 Å². The number of aryl methyl sites for hydroxylation is 2. The van der Waals surface area contributed by atoms with Gasteiger partial charge in [0, 0.05) is 24.7 Å². The summed E-state index contributed by atoms with van der Waals surface area (Å²) in [6, 6.07) is 5.29. The second kappa shape index (κ2) is 6.47. The third kappa shape index (κ3) is 3.18. The van der Waals surface area contributed by atoms with Gasteiger partial charge in [0.2, 0.25) is 17.7 Å². The maximum Gasteiger partial charge on any atom is 0.247 e. The molecule has 1 fully saturated rings. The zero-order valence-electron chi connectivity index (χ0n) is 14.1. The Morgan fingerprint density at radius 3 is 2.79 bits per heavy atom. The fourth-order valence-corrected chi connectivity index (χ4v) is 3.01. The molecule has 6 heteroatoms. The lowest BCUT2D eigenvalue weighted by Crippen LogP contribution is -2.42. The first kappa shape index (κ1) is 16.2. The van der Waals surface area contributed by atoms with Crippen LogP contribution < -0.4 is 5.32 Å². The molecule has 1 saturated heterocycles. The molecular weight excluding hydrogens is 306 g/mol. The molecule has 0 spiro atoms. The van der Waals surface area contributed by atoms with Crippen LogP contribution in [0.2, 0.25) is 0 Å². The highest BCUT2D eigenvalue weighted by molar-refractivity contribution is 5.98. The van der Waals surface area contributed by atoms with Gasteiger partial charge in [-0.3, -0.25) is 9.59 Å². The van der Waals surface area contributed by atoms with Crippen LogP contribution in [0.3, 0.4) is 0 Å². The Morgan fingerprint density at radius 2 is 2.12 bits per heavy atom. The van der Waals surface area contributed by atoms with Crippen molar-refractivity contribution in [1.82, 2.24) is 9.88 Å². The average Bonchev–Trinajstić information content (AvgIpc) is 3.18. The number of hydrogen-bond donors (Lipinski definition) is 1. The summed E-state index contributed by atoms with van der Waals surface area (Å²) in [7, 11) is 0. The largest absolute Gasteiger partial charge is 0.444 e. The molecule has 24 heavy (non-hydrogen) atoms. The Hall–Kier alpha value is -2.63. The second-order valence-electron chi connectivity index (χ2n) is 6.18. The highest BCUT2D eigenvalue weighted by Gasteiger charge is 2.32. The first-order valence-corrected chi connectivity index (χ1v) is 8.07. The molecule has 2 heterocycles. The van der Waals surface area contributed by atoms with Gasteiger partial charge in [-0.05, 0) is 44.4 Å². The van der Waals surface area contributed by atoms with Gasteiger partial charge in [-0.2, -0.15) is 0 Å². The van der Waals surface area contributed by atoms with E-state index in [0.717, 1.165) is 23.2 Å². The summed E-state index contributed by atoms with van der Waals surface area (Å²) >= 11 is 0. The SMILES string of the molecule is CC(=O)N1CCC[C@H]1C(=O)Nc1cc(-c2nc(C)co2)ccc1C. The van der Waals surface area contributed by atoms with Crippen molar-refractivity contribution < 1.29 is 14.0 Å². The topological polar surface area (TPSA) is 75.4 Å². The Labute approximate surface area is 140 Å². The Kier molecular flexibility index (Phi) is 4.38. The van der Waals surface area contributed by atoms with Crippen LogP contribution in [0.25, 0.3) is 11.5 Å². The van der Waals surface area contributed by atoms with Crippen LogP contribution in [0.15, 0.2) is 28.9 Å². The molecule has 2 amide bonds.